The molecule has 1 aliphatic rings. The van der Waals surface area contributed by atoms with Gasteiger partial charge in [-0.05, 0) is 55.2 Å². The van der Waals surface area contributed by atoms with Crippen molar-refractivity contribution in [3.05, 3.63) is 48.0 Å². The Morgan fingerprint density at radius 3 is 2.50 bits per heavy atom. The highest BCUT2D eigenvalue weighted by Gasteiger charge is 2.15. The first kappa shape index (κ1) is 16.4. The Balaban J connectivity index is 1.70. The summed E-state index contributed by atoms with van der Waals surface area (Å²) in [7, 11) is 1.54. The molecule has 24 heavy (non-hydrogen) atoms. The van der Waals surface area contributed by atoms with E-state index in [0.29, 0.717) is 11.3 Å². The fourth-order valence-corrected chi connectivity index (χ4v) is 2.97. The number of phenolic OH excluding ortho intramolecular Hbond substituents is 1. The van der Waals surface area contributed by atoms with E-state index in [9.17, 15) is 5.11 Å². The smallest absolute Gasteiger partial charge is 0.166 e. The van der Waals surface area contributed by atoms with Crippen molar-refractivity contribution in [3.8, 4) is 11.5 Å². The number of benzene rings is 2. The summed E-state index contributed by atoms with van der Waals surface area (Å²) in [6.07, 6.45) is 4.18. The van der Waals surface area contributed by atoms with Crippen LogP contribution in [-0.4, -0.2) is 31.5 Å². The van der Waals surface area contributed by atoms with Gasteiger partial charge in [0.1, 0.15) is 0 Å². The van der Waals surface area contributed by atoms with Crippen molar-refractivity contribution in [2.45, 2.75) is 19.8 Å². The molecule has 0 unspecified atom stereocenters. The van der Waals surface area contributed by atoms with Gasteiger partial charge in [0.05, 0.1) is 12.8 Å². The summed E-state index contributed by atoms with van der Waals surface area (Å²) in [6.45, 7) is 4.58. The Morgan fingerprint density at radius 2 is 1.83 bits per heavy atom. The second kappa shape index (κ2) is 7.39. The molecule has 0 aliphatic carbocycles. The van der Waals surface area contributed by atoms with Gasteiger partial charge in [-0.2, -0.15) is 0 Å². The lowest BCUT2D eigenvalue weighted by atomic mass is 9.99. The van der Waals surface area contributed by atoms with E-state index in [0.717, 1.165) is 24.7 Å². The van der Waals surface area contributed by atoms with Crippen LogP contribution in [0.3, 0.4) is 0 Å². The van der Waals surface area contributed by atoms with E-state index in [1.54, 1.807) is 12.3 Å². The van der Waals surface area contributed by atoms with Gasteiger partial charge in [-0.15, -0.1) is 0 Å². The molecular formula is C20H24N2O2. The van der Waals surface area contributed by atoms with Crippen molar-refractivity contribution < 1.29 is 9.84 Å². The zero-order valence-corrected chi connectivity index (χ0v) is 14.3. The van der Waals surface area contributed by atoms with Gasteiger partial charge in [0.25, 0.3) is 0 Å². The molecule has 1 aliphatic heterocycles. The van der Waals surface area contributed by atoms with Gasteiger partial charge in [0, 0.05) is 30.6 Å². The Bertz CT molecular complexity index is 702. The largest absolute Gasteiger partial charge is 0.504 e. The number of aromatic hydroxyl groups is 1. The molecule has 0 aromatic heterocycles. The van der Waals surface area contributed by atoms with E-state index in [1.165, 1.54) is 25.6 Å². The van der Waals surface area contributed by atoms with Crippen molar-refractivity contribution in [1.82, 2.24) is 0 Å². The highest BCUT2D eigenvalue weighted by Crippen LogP contribution is 2.29. The molecule has 126 valence electrons. The molecule has 2 aromatic carbocycles. The van der Waals surface area contributed by atoms with Crippen LogP contribution >= 0.6 is 0 Å². The zero-order chi connectivity index (χ0) is 16.9. The molecule has 0 saturated carbocycles. The Morgan fingerprint density at radius 1 is 1.12 bits per heavy atom. The molecule has 0 atom stereocenters. The number of ether oxygens (including phenoxy) is 1. The lowest BCUT2D eigenvalue weighted by Crippen LogP contribution is -2.32. The van der Waals surface area contributed by atoms with Gasteiger partial charge >= 0.3 is 0 Å². The van der Waals surface area contributed by atoms with Gasteiger partial charge < -0.3 is 14.7 Å². The summed E-state index contributed by atoms with van der Waals surface area (Å²) in [4.78, 5) is 6.88. The maximum atomic E-state index is 10.1. The number of hydrogen-bond acceptors (Lipinski definition) is 4. The summed E-state index contributed by atoms with van der Waals surface area (Å²) in [6, 6.07) is 13.6. The molecular weight excluding hydrogens is 300 g/mol. The molecule has 0 bridgehead atoms. The van der Waals surface area contributed by atoms with Gasteiger partial charge in [0.2, 0.25) is 0 Å². The van der Waals surface area contributed by atoms with Gasteiger partial charge in [-0.25, -0.2) is 0 Å². The van der Waals surface area contributed by atoms with Crippen molar-refractivity contribution in [1.29, 1.82) is 0 Å². The van der Waals surface area contributed by atoms with E-state index < -0.39 is 0 Å². The third kappa shape index (κ3) is 3.70. The zero-order valence-electron chi connectivity index (χ0n) is 14.3. The normalized spacial score (nSPS) is 15.8. The number of piperidine rings is 1. The predicted octanol–water partition coefficient (Wildman–Crippen LogP) is 4.39. The number of methoxy groups -OCH3 is 1. The monoisotopic (exact) mass is 324 g/mol. The summed E-state index contributed by atoms with van der Waals surface area (Å²) >= 11 is 0. The van der Waals surface area contributed by atoms with Crippen LogP contribution in [0.4, 0.5) is 11.4 Å². The second-order valence-corrected chi connectivity index (χ2v) is 6.34. The van der Waals surface area contributed by atoms with Crippen LogP contribution in [0, 0.1) is 5.92 Å². The lowest BCUT2D eigenvalue weighted by Gasteiger charge is -2.32. The van der Waals surface area contributed by atoms with Crippen LogP contribution < -0.4 is 9.64 Å². The van der Waals surface area contributed by atoms with Crippen molar-refractivity contribution in [3.63, 3.8) is 0 Å². The van der Waals surface area contributed by atoms with Crippen molar-refractivity contribution in [2.75, 3.05) is 25.1 Å². The summed E-state index contributed by atoms with van der Waals surface area (Å²) in [5, 5.41) is 10.1. The highest BCUT2D eigenvalue weighted by atomic mass is 16.5. The molecule has 2 aromatic rings. The minimum absolute atomic E-state index is 0.114. The maximum absolute atomic E-state index is 10.1. The molecule has 0 radical (unpaired) electrons. The second-order valence-electron chi connectivity index (χ2n) is 6.34. The SMILES string of the molecule is COc1cccc(C=Nc2ccc(N3CCC(C)CC3)cc2)c1O. The average molecular weight is 324 g/mol. The standard InChI is InChI=1S/C20H24N2O2/c1-15-10-12-22(13-11-15)18-8-6-17(7-9-18)21-14-16-4-3-5-19(24-2)20(16)23/h3-9,14-15,23H,10-13H2,1-2H3. The van der Waals surface area contributed by atoms with Gasteiger partial charge in [-0.3, -0.25) is 4.99 Å². The third-order valence-electron chi connectivity index (χ3n) is 4.60. The highest BCUT2D eigenvalue weighted by molar-refractivity contribution is 5.86. The Hall–Kier alpha value is -2.49. The molecule has 0 amide bonds. The molecule has 1 fully saturated rings. The van der Waals surface area contributed by atoms with E-state index in [-0.39, 0.29) is 5.75 Å². The van der Waals surface area contributed by atoms with E-state index in [2.05, 4.69) is 28.9 Å². The minimum atomic E-state index is 0.114. The number of nitrogens with zero attached hydrogens (tertiary/aromatic N) is 2. The summed E-state index contributed by atoms with van der Waals surface area (Å²) in [5.74, 6) is 1.40. The van der Waals surface area contributed by atoms with Gasteiger partial charge in [-0.1, -0.05) is 13.0 Å². The number of anilines is 1. The number of rotatable bonds is 4. The van der Waals surface area contributed by atoms with Crippen LogP contribution in [0.2, 0.25) is 0 Å². The summed E-state index contributed by atoms with van der Waals surface area (Å²) in [5.41, 5.74) is 2.76. The van der Waals surface area contributed by atoms with Crippen molar-refractivity contribution in [2.24, 2.45) is 10.9 Å². The Labute approximate surface area is 143 Å². The predicted molar refractivity (Wildman–Crippen MR) is 99.0 cm³/mol. The first-order valence-corrected chi connectivity index (χ1v) is 8.42. The topological polar surface area (TPSA) is 45.1 Å². The van der Waals surface area contributed by atoms with E-state index >= 15 is 0 Å². The van der Waals surface area contributed by atoms with E-state index in [1.807, 2.05) is 24.3 Å². The number of phenols is 1. The van der Waals surface area contributed by atoms with Crippen LogP contribution in [0.5, 0.6) is 11.5 Å². The number of para-hydroxylation sites is 1. The third-order valence-corrected chi connectivity index (χ3v) is 4.60. The average Bonchev–Trinajstić information content (AvgIpc) is 2.62. The first-order chi connectivity index (χ1) is 11.7. The van der Waals surface area contributed by atoms with Crippen molar-refractivity contribution >= 4 is 17.6 Å². The molecule has 3 rings (SSSR count). The molecule has 1 saturated heterocycles. The molecule has 4 heteroatoms. The number of aliphatic imine (C=N–C) groups is 1. The Kier molecular flexibility index (Phi) is 5.04. The minimum Gasteiger partial charge on any atom is -0.504 e. The fourth-order valence-electron chi connectivity index (χ4n) is 2.97. The van der Waals surface area contributed by atoms with Crippen LogP contribution in [0.25, 0.3) is 0 Å². The lowest BCUT2D eigenvalue weighted by molar-refractivity contribution is 0.373. The summed E-state index contributed by atoms with van der Waals surface area (Å²) < 4.78 is 5.11. The quantitative estimate of drug-likeness (QED) is 0.849. The van der Waals surface area contributed by atoms with Gasteiger partial charge in [0.15, 0.2) is 11.5 Å². The molecule has 1 N–H and O–H groups in total. The maximum Gasteiger partial charge on any atom is 0.166 e. The van der Waals surface area contributed by atoms with Crippen LogP contribution in [0.1, 0.15) is 25.3 Å². The van der Waals surface area contributed by atoms with Crippen LogP contribution in [0.15, 0.2) is 47.5 Å². The fraction of sp³-hybridized carbons (Fsp3) is 0.350. The van der Waals surface area contributed by atoms with Crippen LogP contribution in [-0.2, 0) is 0 Å². The van der Waals surface area contributed by atoms with E-state index in [4.69, 9.17) is 4.74 Å². The first-order valence-electron chi connectivity index (χ1n) is 8.42. The molecule has 0 spiro atoms. The molecule has 1 heterocycles. The molecule has 4 nitrogen and oxygen atoms in total. The number of hydrogen-bond donors (Lipinski definition) is 1.